The largest absolute Gasteiger partial charge is 0.383 e. The summed E-state index contributed by atoms with van der Waals surface area (Å²) in [5.41, 5.74) is 10.7. The zero-order valence-electron chi connectivity index (χ0n) is 16.4. The average molecular weight is 410 g/mol. The monoisotopic (exact) mass is 409 g/mol. The standard InChI is InChI=1S/C21H23N5O2S/c1-12-3-5-17(14-4-6-18-16(8-14)24-11-29-18)26(10-12)21(28)20(27)25-15-7-13(2)19(22)23-9-15/h4,6-9,11-12,17H,3,5,10H2,1-2H3,(H2,22,23)(H,25,27)/t12-,17+/m1/s1. The number of pyridine rings is 1. The number of fused-ring (bicyclic) bond motifs is 1. The van der Waals surface area contributed by atoms with E-state index in [-0.39, 0.29) is 6.04 Å². The van der Waals surface area contributed by atoms with E-state index in [1.54, 1.807) is 29.2 Å². The van der Waals surface area contributed by atoms with Crippen LogP contribution in [0.2, 0.25) is 0 Å². The van der Waals surface area contributed by atoms with Gasteiger partial charge in [-0.25, -0.2) is 9.97 Å². The van der Waals surface area contributed by atoms with Crippen molar-refractivity contribution in [2.24, 2.45) is 5.92 Å². The van der Waals surface area contributed by atoms with Crippen LogP contribution in [-0.2, 0) is 9.59 Å². The Morgan fingerprint density at radius 2 is 2.07 bits per heavy atom. The molecule has 1 fully saturated rings. The van der Waals surface area contributed by atoms with Crippen LogP contribution in [0.15, 0.2) is 36.0 Å². The number of carbonyl (C=O) groups is 2. The molecule has 1 aliphatic rings. The van der Waals surface area contributed by atoms with Crippen LogP contribution >= 0.6 is 11.3 Å². The predicted octanol–water partition coefficient (Wildman–Crippen LogP) is 3.52. The van der Waals surface area contributed by atoms with Crippen LogP contribution in [0, 0.1) is 12.8 Å². The molecule has 0 radical (unpaired) electrons. The average Bonchev–Trinajstić information content (AvgIpc) is 3.18. The van der Waals surface area contributed by atoms with Crippen molar-refractivity contribution in [1.29, 1.82) is 0 Å². The van der Waals surface area contributed by atoms with Crippen molar-refractivity contribution in [3.8, 4) is 0 Å². The third-order valence-electron chi connectivity index (χ3n) is 5.39. The molecule has 7 nitrogen and oxygen atoms in total. The van der Waals surface area contributed by atoms with Crippen LogP contribution in [0.5, 0.6) is 0 Å². The first kappa shape index (κ1) is 19.3. The van der Waals surface area contributed by atoms with E-state index < -0.39 is 11.8 Å². The third kappa shape index (κ3) is 3.93. The van der Waals surface area contributed by atoms with Crippen molar-refractivity contribution >= 4 is 44.9 Å². The van der Waals surface area contributed by atoms with Crippen LogP contribution in [0.4, 0.5) is 11.5 Å². The van der Waals surface area contributed by atoms with E-state index in [9.17, 15) is 9.59 Å². The fourth-order valence-electron chi connectivity index (χ4n) is 3.77. The summed E-state index contributed by atoms with van der Waals surface area (Å²) in [4.78, 5) is 35.9. The zero-order chi connectivity index (χ0) is 20.5. The summed E-state index contributed by atoms with van der Waals surface area (Å²) >= 11 is 1.59. The van der Waals surface area contributed by atoms with Gasteiger partial charge in [0.15, 0.2) is 0 Å². The molecule has 1 aromatic carbocycles. The number of nitrogens with one attached hydrogen (secondary N) is 1. The highest BCUT2D eigenvalue weighted by atomic mass is 32.1. The Morgan fingerprint density at radius 3 is 2.86 bits per heavy atom. The van der Waals surface area contributed by atoms with Crippen LogP contribution in [0.25, 0.3) is 10.2 Å². The molecule has 2 amide bonds. The molecule has 3 N–H and O–H groups in total. The van der Waals surface area contributed by atoms with Gasteiger partial charge in [-0.05, 0) is 55.0 Å². The summed E-state index contributed by atoms with van der Waals surface area (Å²) < 4.78 is 1.11. The van der Waals surface area contributed by atoms with Gasteiger partial charge in [0.1, 0.15) is 5.82 Å². The van der Waals surface area contributed by atoms with E-state index in [0.29, 0.717) is 24.0 Å². The molecular weight excluding hydrogens is 386 g/mol. The number of nitrogens with zero attached hydrogens (tertiary/aromatic N) is 3. The normalized spacial score (nSPS) is 19.3. The third-order valence-corrected chi connectivity index (χ3v) is 6.20. The Kier molecular flexibility index (Phi) is 5.19. The number of aromatic nitrogens is 2. The van der Waals surface area contributed by atoms with E-state index in [1.165, 1.54) is 6.20 Å². The SMILES string of the molecule is Cc1cc(NC(=O)C(=O)N2C[C@H](C)CC[C@H]2c2ccc3scnc3c2)cnc1N. The minimum absolute atomic E-state index is 0.137. The number of hydrogen-bond donors (Lipinski definition) is 2. The van der Waals surface area contributed by atoms with Gasteiger partial charge in [0.2, 0.25) is 0 Å². The number of piperidine rings is 1. The second kappa shape index (κ2) is 7.79. The maximum absolute atomic E-state index is 13.1. The van der Waals surface area contributed by atoms with Crippen molar-refractivity contribution in [1.82, 2.24) is 14.9 Å². The van der Waals surface area contributed by atoms with Crippen molar-refractivity contribution in [3.05, 3.63) is 47.1 Å². The number of thiazole rings is 1. The summed E-state index contributed by atoms with van der Waals surface area (Å²) in [5.74, 6) is -0.456. The molecule has 0 unspecified atom stereocenters. The van der Waals surface area contributed by atoms with Gasteiger partial charge in [-0.1, -0.05) is 13.0 Å². The van der Waals surface area contributed by atoms with Crippen LogP contribution in [0.1, 0.15) is 36.9 Å². The summed E-state index contributed by atoms with van der Waals surface area (Å²) in [7, 11) is 0. The highest BCUT2D eigenvalue weighted by molar-refractivity contribution is 7.16. The first-order valence-electron chi connectivity index (χ1n) is 9.59. The Labute approximate surface area is 173 Å². The Balaban J connectivity index is 1.57. The number of likely N-dealkylation sites (tertiary alicyclic amines) is 1. The lowest BCUT2D eigenvalue weighted by Gasteiger charge is -2.38. The van der Waals surface area contributed by atoms with Crippen LogP contribution < -0.4 is 11.1 Å². The van der Waals surface area contributed by atoms with Crippen LogP contribution in [-0.4, -0.2) is 33.2 Å². The highest BCUT2D eigenvalue weighted by Gasteiger charge is 2.34. The minimum atomic E-state index is -0.662. The summed E-state index contributed by atoms with van der Waals surface area (Å²) in [6.07, 6.45) is 3.28. The quantitative estimate of drug-likeness (QED) is 0.631. The number of rotatable bonds is 2. The Hall–Kier alpha value is -3.00. The summed E-state index contributed by atoms with van der Waals surface area (Å²) in [5, 5.41) is 2.66. The topological polar surface area (TPSA) is 101 Å². The van der Waals surface area contributed by atoms with Crippen molar-refractivity contribution in [2.45, 2.75) is 32.7 Å². The molecule has 29 heavy (non-hydrogen) atoms. The maximum Gasteiger partial charge on any atom is 0.313 e. The van der Waals surface area contributed by atoms with E-state index in [1.807, 2.05) is 23.7 Å². The van der Waals surface area contributed by atoms with Gasteiger partial charge in [0.05, 0.1) is 33.7 Å². The molecule has 3 aromatic rings. The van der Waals surface area contributed by atoms with E-state index in [2.05, 4.69) is 22.2 Å². The minimum Gasteiger partial charge on any atom is -0.383 e. The molecule has 0 spiro atoms. The first-order chi connectivity index (χ1) is 13.9. The number of nitrogens with two attached hydrogens (primary N) is 1. The predicted molar refractivity (Wildman–Crippen MR) is 114 cm³/mol. The molecule has 0 saturated carbocycles. The van der Waals surface area contributed by atoms with Crippen molar-refractivity contribution in [3.63, 3.8) is 0 Å². The highest BCUT2D eigenvalue weighted by Crippen LogP contribution is 2.35. The number of hydrogen-bond acceptors (Lipinski definition) is 6. The second-order valence-electron chi connectivity index (χ2n) is 7.62. The second-order valence-corrected chi connectivity index (χ2v) is 8.50. The molecule has 1 aliphatic heterocycles. The molecule has 2 aromatic heterocycles. The van der Waals surface area contributed by atoms with Gasteiger partial charge >= 0.3 is 11.8 Å². The van der Waals surface area contributed by atoms with E-state index in [0.717, 1.165) is 34.2 Å². The van der Waals surface area contributed by atoms with Gasteiger partial charge < -0.3 is 16.0 Å². The summed E-state index contributed by atoms with van der Waals surface area (Å²) in [6, 6.07) is 7.66. The Morgan fingerprint density at radius 1 is 1.24 bits per heavy atom. The lowest BCUT2D eigenvalue weighted by atomic mass is 9.89. The molecule has 150 valence electrons. The maximum atomic E-state index is 13.1. The smallest absolute Gasteiger partial charge is 0.313 e. The lowest BCUT2D eigenvalue weighted by Crippen LogP contribution is -2.46. The molecule has 0 aliphatic carbocycles. The number of amides is 2. The van der Waals surface area contributed by atoms with E-state index >= 15 is 0 Å². The van der Waals surface area contributed by atoms with Crippen molar-refractivity contribution < 1.29 is 9.59 Å². The van der Waals surface area contributed by atoms with Gasteiger partial charge in [0.25, 0.3) is 0 Å². The Bertz CT molecular complexity index is 1080. The molecular formula is C21H23N5O2S. The zero-order valence-corrected chi connectivity index (χ0v) is 17.2. The van der Waals surface area contributed by atoms with Crippen LogP contribution in [0.3, 0.4) is 0 Å². The lowest BCUT2D eigenvalue weighted by molar-refractivity contribution is -0.146. The number of nitrogen functional groups attached to an aromatic ring is 1. The van der Waals surface area contributed by atoms with Gasteiger partial charge in [-0.2, -0.15) is 0 Å². The van der Waals surface area contributed by atoms with Gasteiger partial charge in [-0.15, -0.1) is 11.3 Å². The number of aryl methyl sites for hydroxylation is 1. The molecule has 8 heteroatoms. The number of benzene rings is 1. The van der Waals surface area contributed by atoms with Gasteiger partial charge in [-0.3, -0.25) is 9.59 Å². The molecule has 1 saturated heterocycles. The summed E-state index contributed by atoms with van der Waals surface area (Å²) in [6.45, 7) is 4.45. The molecule has 3 heterocycles. The first-order valence-corrected chi connectivity index (χ1v) is 10.5. The molecule has 4 rings (SSSR count). The number of carbonyl (C=O) groups excluding carboxylic acids is 2. The van der Waals surface area contributed by atoms with E-state index in [4.69, 9.17) is 5.73 Å². The molecule has 0 bridgehead atoms. The fraction of sp³-hybridized carbons (Fsp3) is 0.333. The van der Waals surface area contributed by atoms with Gasteiger partial charge in [0, 0.05) is 6.54 Å². The number of anilines is 2. The fourth-order valence-corrected chi connectivity index (χ4v) is 4.43. The van der Waals surface area contributed by atoms with Crippen molar-refractivity contribution in [2.75, 3.05) is 17.6 Å². The molecule has 2 atom stereocenters.